The average molecular weight is 552 g/mol. The summed E-state index contributed by atoms with van der Waals surface area (Å²) in [4.78, 5) is 48.9. The highest BCUT2D eigenvalue weighted by Gasteiger charge is 2.54. The number of benzene rings is 1. The Morgan fingerprint density at radius 1 is 1.15 bits per heavy atom. The van der Waals surface area contributed by atoms with Crippen molar-refractivity contribution in [3.05, 3.63) is 72.5 Å². The second kappa shape index (κ2) is 11.1. The minimum Gasteiger partial charge on any atom is -0.444 e. The van der Waals surface area contributed by atoms with E-state index in [0.29, 0.717) is 36.1 Å². The summed E-state index contributed by atoms with van der Waals surface area (Å²) in [6.45, 7) is 1.86. The largest absolute Gasteiger partial charge is 0.444 e. The van der Waals surface area contributed by atoms with E-state index in [4.69, 9.17) is 4.42 Å². The lowest BCUT2D eigenvalue weighted by molar-refractivity contribution is -0.138. The van der Waals surface area contributed by atoms with Crippen LogP contribution >= 0.6 is 0 Å². The molecule has 3 aromatic rings. The summed E-state index contributed by atoms with van der Waals surface area (Å²) in [5.41, 5.74) is 1.66. The highest BCUT2D eigenvalue weighted by Crippen LogP contribution is 2.33. The zero-order valence-electron chi connectivity index (χ0n) is 21.4. The van der Waals surface area contributed by atoms with Crippen molar-refractivity contribution in [3.8, 4) is 11.3 Å². The fourth-order valence-corrected chi connectivity index (χ4v) is 7.01. The van der Waals surface area contributed by atoms with Crippen LogP contribution < -0.4 is 5.32 Å². The van der Waals surface area contributed by atoms with Gasteiger partial charge in [0, 0.05) is 30.1 Å². The second-order valence-electron chi connectivity index (χ2n) is 9.72. The van der Waals surface area contributed by atoms with Crippen LogP contribution in [0.25, 0.3) is 11.3 Å². The number of Topliss-reactive ketones (excluding diaryl/α,β-unsaturated/α-hetero) is 1. The number of oxazole rings is 1. The molecule has 1 N–H and O–H groups in total. The summed E-state index contributed by atoms with van der Waals surface area (Å²) in [6.07, 6.45) is 7.30. The Balaban J connectivity index is 1.28. The molecule has 3 atom stereocenters. The number of nitrogens with zero attached hydrogens (tertiary/aromatic N) is 4. The molecule has 0 radical (unpaired) electrons. The van der Waals surface area contributed by atoms with Crippen LogP contribution in [0.15, 0.2) is 65.8 Å². The third kappa shape index (κ3) is 5.48. The maximum atomic E-state index is 13.6. The third-order valence-electron chi connectivity index (χ3n) is 7.13. The number of nitrogens with one attached hydrogen (secondary N) is 1. The molecule has 11 nitrogen and oxygen atoms in total. The Morgan fingerprint density at radius 3 is 2.62 bits per heavy atom. The molecule has 2 saturated heterocycles. The van der Waals surface area contributed by atoms with Crippen LogP contribution in [-0.2, 0) is 25.4 Å². The zero-order chi connectivity index (χ0) is 27.6. The van der Waals surface area contributed by atoms with E-state index >= 15 is 0 Å². The second-order valence-corrected chi connectivity index (χ2v) is 11.6. The Labute approximate surface area is 226 Å². The number of rotatable bonds is 9. The number of pyridine rings is 1. The van der Waals surface area contributed by atoms with Crippen molar-refractivity contribution in [1.29, 1.82) is 0 Å². The Morgan fingerprint density at radius 2 is 1.95 bits per heavy atom. The molecule has 4 heterocycles. The van der Waals surface area contributed by atoms with Crippen molar-refractivity contribution in [2.24, 2.45) is 0 Å². The van der Waals surface area contributed by atoms with Gasteiger partial charge in [-0.1, -0.05) is 31.5 Å². The van der Waals surface area contributed by atoms with Crippen LogP contribution in [0.4, 0.5) is 0 Å². The molecule has 0 spiro atoms. The Kier molecular flexibility index (Phi) is 7.58. The van der Waals surface area contributed by atoms with Gasteiger partial charge in [-0.15, -0.1) is 0 Å². The van der Waals surface area contributed by atoms with Gasteiger partial charge >= 0.3 is 0 Å². The van der Waals surface area contributed by atoms with E-state index in [1.807, 2.05) is 6.92 Å². The molecule has 5 rings (SSSR count). The van der Waals surface area contributed by atoms with Crippen molar-refractivity contribution in [2.45, 2.75) is 50.1 Å². The molecule has 2 fully saturated rings. The van der Waals surface area contributed by atoms with Crippen LogP contribution in [0, 0.1) is 0 Å². The number of fused-ring (bicyclic) bond motifs is 1. The molecule has 0 aliphatic carbocycles. The summed E-state index contributed by atoms with van der Waals surface area (Å²) >= 11 is 0. The Bertz CT molecular complexity index is 1440. The summed E-state index contributed by atoms with van der Waals surface area (Å²) in [5.74, 6) is -0.807. The number of hydrogen-bond acceptors (Lipinski definition) is 8. The molecular weight excluding hydrogens is 522 g/mol. The number of ketones is 1. The lowest BCUT2D eigenvalue weighted by atomic mass is 10.1. The van der Waals surface area contributed by atoms with E-state index in [9.17, 15) is 22.8 Å². The van der Waals surface area contributed by atoms with Crippen molar-refractivity contribution in [3.63, 3.8) is 0 Å². The minimum atomic E-state index is -3.80. The molecule has 0 saturated carbocycles. The van der Waals surface area contributed by atoms with Crippen LogP contribution in [0.3, 0.4) is 0 Å². The maximum absolute atomic E-state index is 13.6. The summed E-state index contributed by atoms with van der Waals surface area (Å²) in [6, 6.07) is 7.74. The zero-order valence-corrected chi connectivity index (χ0v) is 22.2. The van der Waals surface area contributed by atoms with Crippen LogP contribution in [0.1, 0.15) is 42.1 Å². The molecular formula is C27H29N5O6S. The van der Waals surface area contributed by atoms with Gasteiger partial charge in [-0.05, 0) is 36.6 Å². The van der Waals surface area contributed by atoms with Crippen molar-refractivity contribution in [2.75, 3.05) is 13.1 Å². The maximum Gasteiger partial charge on any atom is 0.251 e. The van der Waals surface area contributed by atoms with E-state index in [1.54, 1.807) is 48.8 Å². The monoisotopic (exact) mass is 551 g/mol. The number of hydrogen-bond donors (Lipinski definition) is 1. The molecule has 12 heteroatoms. The predicted molar refractivity (Wildman–Crippen MR) is 141 cm³/mol. The normalized spacial score (nSPS) is 20.1. The molecule has 1 aromatic carbocycles. The molecule has 2 aromatic heterocycles. The van der Waals surface area contributed by atoms with Crippen molar-refractivity contribution < 1.29 is 27.2 Å². The number of sulfonamides is 1. The van der Waals surface area contributed by atoms with Gasteiger partial charge in [-0.25, -0.2) is 13.4 Å². The quantitative estimate of drug-likeness (QED) is 0.426. The number of amides is 2. The first kappa shape index (κ1) is 26.7. The first-order valence-electron chi connectivity index (χ1n) is 12.8. The summed E-state index contributed by atoms with van der Waals surface area (Å²) in [5, 5.41) is 2.82. The number of aromatic nitrogens is 2. The number of likely N-dealkylation sites (tertiary alicyclic amines) is 1. The van der Waals surface area contributed by atoms with E-state index in [-0.39, 0.29) is 30.5 Å². The number of carbonyl (C=O) groups excluding carboxylic acids is 3. The van der Waals surface area contributed by atoms with Gasteiger partial charge in [0.15, 0.2) is 17.9 Å². The lowest BCUT2D eigenvalue weighted by Gasteiger charge is -2.28. The van der Waals surface area contributed by atoms with Crippen molar-refractivity contribution >= 4 is 27.6 Å². The predicted octanol–water partition coefficient (Wildman–Crippen LogP) is 2.02. The molecule has 2 amide bonds. The average Bonchev–Trinajstić information content (AvgIpc) is 3.68. The van der Waals surface area contributed by atoms with E-state index in [2.05, 4.69) is 15.3 Å². The molecule has 39 heavy (non-hydrogen) atoms. The van der Waals surface area contributed by atoms with E-state index in [0.717, 1.165) is 5.56 Å². The van der Waals surface area contributed by atoms with Gasteiger partial charge in [-0.3, -0.25) is 19.4 Å². The van der Waals surface area contributed by atoms with Crippen molar-refractivity contribution in [1.82, 2.24) is 24.5 Å². The first-order chi connectivity index (χ1) is 18.8. The van der Waals surface area contributed by atoms with E-state index in [1.165, 1.54) is 21.8 Å². The Hall–Kier alpha value is -3.90. The summed E-state index contributed by atoms with van der Waals surface area (Å²) < 4.78 is 32.9. The minimum absolute atomic E-state index is 0.237. The fourth-order valence-electron chi connectivity index (χ4n) is 5.29. The van der Waals surface area contributed by atoms with Crippen LogP contribution in [-0.4, -0.2) is 76.4 Å². The van der Waals surface area contributed by atoms with Crippen LogP contribution in [0.5, 0.6) is 0 Å². The SMILES string of the molecule is CCCC(NC(=O)c1ccc(-c2cnco2)cc1)C(=O)N1CCC2C1C(=O)CN2S(=O)(=O)Cc1cccnc1. The molecule has 3 unspecified atom stereocenters. The molecule has 2 aliphatic rings. The van der Waals surface area contributed by atoms with Gasteiger partial charge in [0.25, 0.3) is 5.91 Å². The standard InChI is InChI=1S/C27H29N5O6S/c1-2-4-21(30-26(34)20-8-6-19(7-9-20)24-14-29-17-38-24)27(35)31-12-10-22-25(31)23(33)15-32(22)39(36,37)16-18-5-3-11-28-13-18/h3,5-9,11,13-14,17,21-22,25H,2,4,10,12,15-16H2,1H3,(H,30,34). The topological polar surface area (TPSA) is 143 Å². The number of carbonyl (C=O) groups is 3. The fraction of sp³-hybridized carbons (Fsp3) is 0.370. The molecule has 204 valence electrons. The van der Waals surface area contributed by atoms with Gasteiger partial charge in [0.05, 0.1) is 24.5 Å². The molecule has 0 bridgehead atoms. The third-order valence-corrected chi connectivity index (χ3v) is 8.95. The highest BCUT2D eigenvalue weighted by atomic mass is 32.2. The van der Waals surface area contributed by atoms with Gasteiger partial charge in [0.1, 0.15) is 12.1 Å². The first-order valence-corrected chi connectivity index (χ1v) is 14.4. The van der Waals surface area contributed by atoms with Gasteiger partial charge in [-0.2, -0.15) is 4.31 Å². The highest BCUT2D eigenvalue weighted by molar-refractivity contribution is 7.88. The summed E-state index contributed by atoms with van der Waals surface area (Å²) in [7, 11) is -3.80. The van der Waals surface area contributed by atoms with Gasteiger partial charge in [0.2, 0.25) is 15.9 Å². The van der Waals surface area contributed by atoms with Crippen LogP contribution in [0.2, 0.25) is 0 Å². The smallest absolute Gasteiger partial charge is 0.251 e. The van der Waals surface area contributed by atoms with E-state index < -0.39 is 34.1 Å². The van der Waals surface area contributed by atoms with Gasteiger partial charge < -0.3 is 14.6 Å². The molecule has 2 aliphatic heterocycles. The lowest BCUT2D eigenvalue weighted by Crippen LogP contribution is -2.52.